The molecular formula is C9H10O6. The van der Waals surface area contributed by atoms with E-state index >= 15 is 0 Å². The number of esters is 1. The fourth-order valence-corrected chi connectivity index (χ4v) is 1.25. The van der Waals surface area contributed by atoms with Gasteiger partial charge < -0.3 is 20.1 Å². The van der Waals surface area contributed by atoms with E-state index in [0.29, 0.717) is 6.42 Å². The van der Waals surface area contributed by atoms with Gasteiger partial charge in [-0.25, -0.2) is 4.79 Å². The molecule has 0 heterocycles. The standard InChI is InChI=1S/C9H10O6/c10-3-1-2-7(11)5-4-6(5)8(12)15-9(13)14/h5-7,10-11H,3-4H2,(H,13,14). The van der Waals surface area contributed by atoms with Crippen molar-refractivity contribution in [3.8, 4) is 11.8 Å². The van der Waals surface area contributed by atoms with Crippen LogP contribution in [0.3, 0.4) is 0 Å². The summed E-state index contributed by atoms with van der Waals surface area (Å²) >= 11 is 0. The first kappa shape index (κ1) is 11.5. The summed E-state index contributed by atoms with van der Waals surface area (Å²) in [7, 11) is 0. The summed E-state index contributed by atoms with van der Waals surface area (Å²) in [4.78, 5) is 21.0. The number of hydrogen-bond donors (Lipinski definition) is 3. The molecule has 0 aromatic rings. The molecule has 0 aromatic carbocycles. The molecule has 3 unspecified atom stereocenters. The van der Waals surface area contributed by atoms with Crippen molar-refractivity contribution in [1.82, 2.24) is 0 Å². The first-order valence-electron chi connectivity index (χ1n) is 4.28. The summed E-state index contributed by atoms with van der Waals surface area (Å²) < 4.78 is 3.93. The predicted molar refractivity (Wildman–Crippen MR) is 46.6 cm³/mol. The molecule has 1 aliphatic rings. The number of aliphatic hydroxyl groups is 2. The number of ether oxygens (including phenoxy) is 1. The Hall–Kier alpha value is -1.58. The Morgan fingerprint density at radius 1 is 1.53 bits per heavy atom. The van der Waals surface area contributed by atoms with Crippen LogP contribution >= 0.6 is 0 Å². The van der Waals surface area contributed by atoms with Crippen molar-refractivity contribution >= 4 is 12.1 Å². The second-order valence-corrected chi connectivity index (χ2v) is 3.12. The average molecular weight is 214 g/mol. The van der Waals surface area contributed by atoms with Crippen molar-refractivity contribution < 1.29 is 29.6 Å². The highest BCUT2D eigenvalue weighted by Crippen LogP contribution is 2.42. The van der Waals surface area contributed by atoms with E-state index in [4.69, 9.17) is 10.2 Å². The fourth-order valence-electron chi connectivity index (χ4n) is 1.25. The summed E-state index contributed by atoms with van der Waals surface area (Å²) in [6.45, 7) is -0.367. The number of hydrogen-bond acceptors (Lipinski definition) is 5. The highest BCUT2D eigenvalue weighted by Gasteiger charge is 2.48. The van der Waals surface area contributed by atoms with Crippen molar-refractivity contribution in [2.75, 3.05) is 6.61 Å². The zero-order chi connectivity index (χ0) is 11.4. The molecule has 82 valence electrons. The van der Waals surface area contributed by atoms with Gasteiger partial charge in [0.15, 0.2) is 0 Å². The Morgan fingerprint density at radius 2 is 2.20 bits per heavy atom. The van der Waals surface area contributed by atoms with Gasteiger partial charge in [-0.1, -0.05) is 11.8 Å². The molecule has 6 heteroatoms. The van der Waals surface area contributed by atoms with Gasteiger partial charge in [-0.3, -0.25) is 4.79 Å². The Labute approximate surface area is 85.5 Å². The van der Waals surface area contributed by atoms with E-state index in [1.165, 1.54) is 0 Å². The van der Waals surface area contributed by atoms with Gasteiger partial charge >= 0.3 is 12.1 Å². The van der Waals surface area contributed by atoms with E-state index in [1.807, 2.05) is 0 Å². The summed E-state index contributed by atoms with van der Waals surface area (Å²) in [5, 5.41) is 25.9. The van der Waals surface area contributed by atoms with Crippen LogP contribution in [0.4, 0.5) is 4.79 Å². The molecule has 0 bridgehead atoms. The quantitative estimate of drug-likeness (QED) is 0.316. The van der Waals surface area contributed by atoms with Gasteiger partial charge in [-0.15, -0.1) is 0 Å². The Kier molecular flexibility index (Phi) is 3.66. The lowest BCUT2D eigenvalue weighted by molar-refractivity contribution is -0.141. The molecular weight excluding hydrogens is 204 g/mol. The Bertz CT molecular complexity index is 325. The minimum absolute atomic E-state index is 0.355. The van der Waals surface area contributed by atoms with Crippen LogP contribution in [0.5, 0.6) is 0 Å². The van der Waals surface area contributed by atoms with E-state index < -0.39 is 30.1 Å². The average Bonchev–Trinajstić information content (AvgIpc) is 2.92. The van der Waals surface area contributed by atoms with Crippen LogP contribution < -0.4 is 0 Å². The van der Waals surface area contributed by atoms with Gasteiger partial charge in [0, 0.05) is 5.92 Å². The molecule has 0 spiro atoms. The third kappa shape index (κ3) is 3.23. The van der Waals surface area contributed by atoms with E-state index in [2.05, 4.69) is 16.6 Å². The number of aliphatic hydroxyl groups excluding tert-OH is 2. The molecule has 15 heavy (non-hydrogen) atoms. The van der Waals surface area contributed by atoms with Gasteiger partial charge in [-0.2, -0.15) is 0 Å². The topological polar surface area (TPSA) is 104 Å². The van der Waals surface area contributed by atoms with Gasteiger partial charge in [0.2, 0.25) is 0 Å². The first-order valence-corrected chi connectivity index (χ1v) is 4.28. The number of carbonyl (C=O) groups excluding carboxylic acids is 1. The molecule has 1 fully saturated rings. The number of rotatable bonds is 2. The smallest absolute Gasteiger partial charge is 0.449 e. The van der Waals surface area contributed by atoms with E-state index in [9.17, 15) is 14.7 Å². The van der Waals surface area contributed by atoms with Crippen molar-refractivity contribution in [2.45, 2.75) is 12.5 Å². The summed E-state index contributed by atoms with van der Waals surface area (Å²) in [5.74, 6) is 2.73. The molecule has 1 aliphatic carbocycles. The van der Waals surface area contributed by atoms with Gasteiger partial charge in [0.1, 0.15) is 12.7 Å². The lowest BCUT2D eigenvalue weighted by Gasteiger charge is -2.00. The molecule has 0 aliphatic heterocycles. The fraction of sp³-hybridized carbons (Fsp3) is 0.556. The van der Waals surface area contributed by atoms with E-state index in [1.54, 1.807) is 0 Å². The van der Waals surface area contributed by atoms with Crippen LogP contribution in [0, 0.1) is 23.7 Å². The normalized spacial score (nSPS) is 24.7. The molecule has 0 radical (unpaired) electrons. The van der Waals surface area contributed by atoms with Crippen molar-refractivity contribution in [3.63, 3.8) is 0 Å². The molecule has 0 saturated heterocycles. The van der Waals surface area contributed by atoms with Crippen LogP contribution in [-0.2, 0) is 9.53 Å². The third-order valence-electron chi connectivity index (χ3n) is 2.07. The molecule has 1 saturated carbocycles. The molecule has 3 N–H and O–H groups in total. The number of carbonyl (C=O) groups is 2. The van der Waals surface area contributed by atoms with Gasteiger partial charge in [-0.05, 0) is 6.42 Å². The SMILES string of the molecule is O=C(O)OC(=O)C1CC1C(O)C#CCO. The maximum Gasteiger partial charge on any atom is 0.513 e. The minimum atomic E-state index is -1.65. The Morgan fingerprint density at radius 3 is 2.73 bits per heavy atom. The van der Waals surface area contributed by atoms with Crippen LogP contribution in [0.15, 0.2) is 0 Å². The largest absolute Gasteiger partial charge is 0.513 e. The molecule has 1 rings (SSSR count). The summed E-state index contributed by atoms with van der Waals surface area (Å²) in [6, 6.07) is 0. The lowest BCUT2D eigenvalue weighted by atomic mass is 10.2. The second kappa shape index (κ2) is 4.77. The van der Waals surface area contributed by atoms with Crippen LogP contribution in [0.25, 0.3) is 0 Å². The predicted octanol–water partition coefficient (Wildman–Crippen LogP) is -0.800. The van der Waals surface area contributed by atoms with E-state index in [-0.39, 0.29) is 6.61 Å². The molecule has 3 atom stereocenters. The molecule has 0 aromatic heterocycles. The third-order valence-corrected chi connectivity index (χ3v) is 2.07. The minimum Gasteiger partial charge on any atom is -0.449 e. The van der Waals surface area contributed by atoms with E-state index in [0.717, 1.165) is 0 Å². The van der Waals surface area contributed by atoms with Gasteiger partial charge in [0.25, 0.3) is 0 Å². The van der Waals surface area contributed by atoms with Gasteiger partial charge in [0.05, 0.1) is 5.92 Å². The van der Waals surface area contributed by atoms with Crippen LogP contribution in [-0.4, -0.2) is 40.2 Å². The zero-order valence-corrected chi connectivity index (χ0v) is 7.71. The highest BCUT2D eigenvalue weighted by molar-refractivity contribution is 5.84. The number of carboxylic acid groups (broad SMARTS) is 1. The summed E-state index contributed by atoms with van der Waals surface area (Å²) in [6.07, 6.45) is -2.32. The zero-order valence-electron chi connectivity index (χ0n) is 7.71. The Balaban J connectivity index is 2.39. The molecule has 0 amide bonds. The molecule has 6 nitrogen and oxygen atoms in total. The highest BCUT2D eigenvalue weighted by atomic mass is 16.7. The maximum atomic E-state index is 11.0. The van der Waals surface area contributed by atoms with Crippen molar-refractivity contribution in [2.24, 2.45) is 11.8 Å². The second-order valence-electron chi connectivity index (χ2n) is 3.12. The monoisotopic (exact) mass is 214 g/mol. The summed E-state index contributed by atoms with van der Waals surface area (Å²) in [5.41, 5.74) is 0. The first-order chi connectivity index (χ1) is 7.06. The van der Waals surface area contributed by atoms with Crippen LogP contribution in [0.1, 0.15) is 6.42 Å². The van der Waals surface area contributed by atoms with Crippen molar-refractivity contribution in [1.29, 1.82) is 0 Å². The lowest BCUT2D eigenvalue weighted by Crippen LogP contribution is -2.16. The maximum absolute atomic E-state index is 11.0. The van der Waals surface area contributed by atoms with Crippen LogP contribution in [0.2, 0.25) is 0 Å². The van der Waals surface area contributed by atoms with Crippen molar-refractivity contribution in [3.05, 3.63) is 0 Å².